The minimum atomic E-state index is -1.27. The third kappa shape index (κ3) is 6.43. The number of hydrogen-bond donors (Lipinski definition) is 3. The molecule has 4 N–H and O–H groups in total. The van der Waals surface area contributed by atoms with Gasteiger partial charge in [0.1, 0.15) is 24.5 Å². The molecule has 3 rings (SSSR count). The zero-order valence-corrected chi connectivity index (χ0v) is 22.3. The highest BCUT2D eigenvalue weighted by Gasteiger charge is 2.52. The summed E-state index contributed by atoms with van der Waals surface area (Å²) in [5.74, 6) is -1.40. The number of fused-ring (bicyclic) bond motifs is 1. The molecule has 0 saturated carbocycles. The number of aliphatic hydroxyl groups excluding tert-OH is 2. The standard InChI is InChI=1S/C27H42N2O7/c1-15-8-7-9-27(6)21(36-27)11-19(16(2)10-18-14-34-22(13-28)29-18)35-23(31)12-20(30)26(4,5)25(33)17(3)24(15)32/h7-8,10,15,17-21,24,30,32H,9,11-14,28H2,1-6H3/b8-7+,16-10+/t15-,17+,18?,19-,20-,21?,24-,27?/m0/s1. The predicted molar refractivity (Wildman–Crippen MR) is 135 cm³/mol. The smallest absolute Gasteiger partial charge is 0.309 e. The summed E-state index contributed by atoms with van der Waals surface area (Å²) in [6, 6.07) is -0.214. The number of nitrogens with two attached hydrogens (primary N) is 1. The molecule has 3 aliphatic heterocycles. The van der Waals surface area contributed by atoms with Crippen molar-refractivity contribution < 1.29 is 34.0 Å². The van der Waals surface area contributed by atoms with Gasteiger partial charge in [-0.05, 0) is 25.8 Å². The molecule has 3 aliphatic rings. The number of ketones is 1. The lowest BCUT2D eigenvalue weighted by Crippen LogP contribution is -2.45. The van der Waals surface area contributed by atoms with Gasteiger partial charge in [-0.2, -0.15) is 0 Å². The number of rotatable bonds is 3. The number of ether oxygens (including phenoxy) is 3. The van der Waals surface area contributed by atoms with E-state index >= 15 is 0 Å². The molecule has 0 bridgehead atoms. The summed E-state index contributed by atoms with van der Waals surface area (Å²) < 4.78 is 17.3. The predicted octanol–water partition coefficient (Wildman–Crippen LogP) is 2.09. The van der Waals surface area contributed by atoms with Crippen LogP contribution in [0.15, 0.2) is 28.8 Å². The highest BCUT2D eigenvalue weighted by molar-refractivity contribution is 5.88. The Morgan fingerprint density at radius 1 is 1.25 bits per heavy atom. The van der Waals surface area contributed by atoms with Crippen molar-refractivity contribution in [3.8, 4) is 0 Å². The Morgan fingerprint density at radius 3 is 2.58 bits per heavy atom. The number of hydrogen-bond acceptors (Lipinski definition) is 9. The normalized spacial score (nSPS) is 41.1. The first-order valence-corrected chi connectivity index (χ1v) is 12.8. The molecule has 0 amide bonds. The van der Waals surface area contributed by atoms with Crippen LogP contribution in [0.4, 0.5) is 0 Å². The summed E-state index contributed by atoms with van der Waals surface area (Å²) >= 11 is 0. The molecule has 0 radical (unpaired) electrons. The van der Waals surface area contributed by atoms with Gasteiger partial charge < -0.3 is 30.2 Å². The lowest BCUT2D eigenvalue weighted by Gasteiger charge is -2.34. The van der Waals surface area contributed by atoms with Crippen LogP contribution in [-0.2, 0) is 23.8 Å². The molecule has 1 fully saturated rings. The maximum atomic E-state index is 13.2. The van der Waals surface area contributed by atoms with E-state index in [1.807, 2.05) is 39.0 Å². The second-order valence-corrected chi connectivity index (χ2v) is 11.2. The minimum absolute atomic E-state index is 0.124. The first-order valence-electron chi connectivity index (χ1n) is 12.8. The number of carbonyl (C=O) groups is 2. The van der Waals surface area contributed by atoms with Gasteiger partial charge in [0.2, 0.25) is 0 Å². The fraction of sp³-hybridized carbons (Fsp3) is 0.741. The number of carbonyl (C=O) groups excluding carboxylic acids is 2. The highest BCUT2D eigenvalue weighted by atomic mass is 16.6. The number of esters is 1. The lowest BCUT2D eigenvalue weighted by atomic mass is 9.73. The summed E-state index contributed by atoms with van der Waals surface area (Å²) in [5.41, 5.74) is 4.77. The Kier molecular flexibility index (Phi) is 8.81. The third-order valence-corrected chi connectivity index (χ3v) is 7.86. The molecule has 3 heterocycles. The van der Waals surface area contributed by atoms with Crippen molar-refractivity contribution in [3.05, 3.63) is 23.8 Å². The van der Waals surface area contributed by atoms with Gasteiger partial charge in [-0.25, -0.2) is 4.99 Å². The number of cyclic esters (lactones) is 1. The monoisotopic (exact) mass is 506 g/mol. The molecule has 202 valence electrons. The van der Waals surface area contributed by atoms with Crippen molar-refractivity contribution in [2.75, 3.05) is 13.2 Å². The van der Waals surface area contributed by atoms with Crippen molar-refractivity contribution in [1.82, 2.24) is 0 Å². The minimum Gasteiger partial charge on any atom is -0.477 e. The van der Waals surface area contributed by atoms with Crippen LogP contribution in [0.2, 0.25) is 0 Å². The van der Waals surface area contributed by atoms with Crippen LogP contribution in [-0.4, -0.2) is 77.1 Å². The number of epoxide rings is 1. The van der Waals surface area contributed by atoms with Gasteiger partial charge >= 0.3 is 5.97 Å². The molecular formula is C27H42N2O7. The average molecular weight is 507 g/mol. The van der Waals surface area contributed by atoms with Gasteiger partial charge in [-0.15, -0.1) is 0 Å². The van der Waals surface area contributed by atoms with Gasteiger partial charge in [-0.1, -0.05) is 45.9 Å². The first-order chi connectivity index (χ1) is 16.8. The van der Waals surface area contributed by atoms with E-state index in [1.165, 1.54) is 0 Å². The summed E-state index contributed by atoms with van der Waals surface area (Å²) in [4.78, 5) is 30.6. The summed E-state index contributed by atoms with van der Waals surface area (Å²) in [7, 11) is 0. The summed E-state index contributed by atoms with van der Waals surface area (Å²) in [5, 5.41) is 21.6. The molecule has 3 unspecified atom stereocenters. The second-order valence-electron chi connectivity index (χ2n) is 11.2. The van der Waals surface area contributed by atoms with Crippen LogP contribution in [0.3, 0.4) is 0 Å². The third-order valence-electron chi connectivity index (χ3n) is 7.86. The molecular weight excluding hydrogens is 464 g/mol. The van der Waals surface area contributed by atoms with Crippen molar-refractivity contribution >= 4 is 17.7 Å². The van der Waals surface area contributed by atoms with Crippen LogP contribution in [0.1, 0.15) is 60.8 Å². The quantitative estimate of drug-likeness (QED) is 0.300. The van der Waals surface area contributed by atoms with Crippen LogP contribution < -0.4 is 5.73 Å². The summed E-state index contributed by atoms with van der Waals surface area (Å²) in [6.45, 7) is 11.2. The Hall–Kier alpha value is -2.07. The number of Topliss-reactive ketones (excluding diaryl/α,β-unsaturated/α-hetero) is 1. The largest absolute Gasteiger partial charge is 0.477 e. The fourth-order valence-corrected chi connectivity index (χ4v) is 4.95. The van der Waals surface area contributed by atoms with Crippen molar-refractivity contribution in [3.63, 3.8) is 0 Å². The van der Waals surface area contributed by atoms with Crippen LogP contribution in [0.5, 0.6) is 0 Å². The number of aliphatic hydroxyl groups is 2. The fourth-order valence-electron chi connectivity index (χ4n) is 4.95. The number of nitrogens with zero attached hydrogens (tertiary/aromatic N) is 1. The van der Waals surface area contributed by atoms with E-state index in [9.17, 15) is 19.8 Å². The topological polar surface area (TPSA) is 144 Å². The van der Waals surface area contributed by atoms with Crippen LogP contribution in [0, 0.1) is 17.3 Å². The van der Waals surface area contributed by atoms with E-state index in [2.05, 4.69) is 4.99 Å². The van der Waals surface area contributed by atoms with Gasteiger partial charge in [0.25, 0.3) is 0 Å². The first kappa shape index (κ1) is 28.5. The molecule has 9 heteroatoms. The lowest BCUT2D eigenvalue weighted by molar-refractivity contribution is -0.154. The zero-order chi connectivity index (χ0) is 26.8. The highest BCUT2D eigenvalue weighted by Crippen LogP contribution is 2.44. The molecule has 0 aromatic rings. The average Bonchev–Trinajstić information content (AvgIpc) is 3.23. The molecule has 0 spiro atoms. The van der Waals surface area contributed by atoms with Crippen LogP contribution >= 0.6 is 0 Å². The Labute approximate surface area is 213 Å². The van der Waals surface area contributed by atoms with Crippen molar-refractivity contribution in [1.29, 1.82) is 0 Å². The van der Waals surface area contributed by atoms with E-state index in [0.717, 1.165) is 5.57 Å². The molecule has 36 heavy (non-hydrogen) atoms. The van der Waals surface area contributed by atoms with Crippen molar-refractivity contribution in [2.24, 2.45) is 28.0 Å². The van der Waals surface area contributed by atoms with E-state index in [-0.39, 0.29) is 36.8 Å². The van der Waals surface area contributed by atoms with Crippen molar-refractivity contribution in [2.45, 2.75) is 96.9 Å². The maximum absolute atomic E-state index is 13.2. The number of aliphatic imine (C=N–C) groups is 1. The zero-order valence-electron chi connectivity index (χ0n) is 22.3. The van der Waals surface area contributed by atoms with E-state index < -0.39 is 41.2 Å². The molecule has 0 aromatic heterocycles. The van der Waals surface area contributed by atoms with E-state index in [0.29, 0.717) is 25.3 Å². The van der Waals surface area contributed by atoms with Gasteiger partial charge in [0, 0.05) is 18.3 Å². The summed E-state index contributed by atoms with van der Waals surface area (Å²) in [6.07, 6.45) is 3.65. The molecule has 1 saturated heterocycles. The Balaban J connectivity index is 1.86. The second kappa shape index (κ2) is 11.1. The Bertz CT molecular complexity index is 927. The Morgan fingerprint density at radius 2 is 1.94 bits per heavy atom. The maximum Gasteiger partial charge on any atom is 0.309 e. The van der Waals surface area contributed by atoms with Crippen LogP contribution in [0.25, 0.3) is 0 Å². The van der Waals surface area contributed by atoms with Gasteiger partial charge in [0.15, 0.2) is 5.90 Å². The van der Waals surface area contributed by atoms with Gasteiger partial charge in [0.05, 0.1) is 42.3 Å². The SMILES string of the molecule is C/C(=C\C1COC(CN)=N1)[C@@H]1CC2OC2(C)C/C=C/[C@H](C)[C@H](O)[C@@H](C)C(=O)C(C)(C)[C@@H](O)CC(=O)O1. The molecule has 8 atom stereocenters. The molecule has 9 nitrogen and oxygen atoms in total. The van der Waals surface area contributed by atoms with Gasteiger partial charge in [-0.3, -0.25) is 9.59 Å². The van der Waals surface area contributed by atoms with E-state index in [1.54, 1.807) is 20.8 Å². The van der Waals surface area contributed by atoms with E-state index in [4.69, 9.17) is 19.9 Å². The molecule has 0 aromatic carbocycles. The molecule has 0 aliphatic carbocycles.